The molecule has 0 radical (unpaired) electrons. The predicted molar refractivity (Wildman–Crippen MR) is 72.7 cm³/mol. The Morgan fingerprint density at radius 2 is 2.30 bits per heavy atom. The number of rotatable bonds is 6. The zero-order chi connectivity index (χ0) is 14.5. The SMILES string of the molecule is CCCC(OCC)c1noc(-c2cc(C#N)cn2C)n1. The highest BCUT2D eigenvalue weighted by atomic mass is 16.5. The van der Waals surface area contributed by atoms with Crippen molar-refractivity contribution in [3.63, 3.8) is 0 Å². The Balaban J connectivity index is 2.27. The minimum atomic E-state index is -0.141. The topological polar surface area (TPSA) is 76.9 Å². The molecule has 0 aliphatic carbocycles. The lowest BCUT2D eigenvalue weighted by Crippen LogP contribution is -2.06. The maximum absolute atomic E-state index is 8.91. The molecule has 0 aromatic carbocycles. The molecule has 0 saturated heterocycles. The van der Waals surface area contributed by atoms with Crippen molar-refractivity contribution in [1.29, 1.82) is 5.26 Å². The molecule has 0 bridgehead atoms. The molecule has 0 N–H and O–H groups in total. The summed E-state index contributed by atoms with van der Waals surface area (Å²) in [5.74, 6) is 0.966. The zero-order valence-electron chi connectivity index (χ0n) is 12.0. The van der Waals surface area contributed by atoms with Gasteiger partial charge in [0, 0.05) is 19.9 Å². The molecule has 6 heteroatoms. The molecule has 106 valence electrons. The zero-order valence-corrected chi connectivity index (χ0v) is 12.0. The van der Waals surface area contributed by atoms with Gasteiger partial charge in [-0.05, 0) is 19.4 Å². The summed E-state index contributed by atoms with van der Waals surface area (Å²) in [5, 5.41) is 12.9. The molecule has 0 aliphatic rings. The predicted octanol–water partition coefficient (Wildman–Crippen LogP) is 2.82. The van der Waals surface area contributed by atoms with Gasteiger partial charge in [0.05, 0.1) is 5.56 Å². The van der Waals surface area contributed by atoms with Crippen molar-refractivity contribution in [2.45, 2.75) is 32.8 Å². The molecule has 6 nitrogen and oxygen atoms in total. The van der Waals surface area contributed by atoms with Gasteiger partial charge >= 0.3 is 0 Å². The number of hydrogen-bond acceptors (Lipinski definition) is 5. The highest BCUT2D eigenvalue weighted by Crippen LogP contribution is 2.24. The van der Waals surface area contributed by atoms with Crippen molar-refractivity contribution >= 4 is 0 Å². The second-order valence-electron chi connectivity index (χ2n) is 4.53. The fourth-order valence-corrected chi connectivity index (χ4v) is 2.06. The second kappa shape index (κ2) is 6.35. The lowest BCUT2D eigenvalue weighted by molar-refractivity contribution is 0.0478. The normalized spacial score (nSPS) is 12.3. The van der Waals surface area contributed by atoms with E-state index in [-0.39, 0.29) is 6.10 Å². The fourth-order valence-electron chi connectivity index (χ4n) is 2.06. The van der Waals surface area contributed by atoms with Gasteiger partial charge in [-0.25, -0.2) is 0 Å². The molecule has 0 spiro atoms. The Morgan fingerprint density at radius 1 is 1.50 bits per heavy atom. The molecule has 0 saturated carbocycles. The maximum Gasteiger partial charge on any atom is 0.274 e. The summed E-state index contributed by atoms with van der Waals surface area (Å²) >= 11 is 0. The van der Waals surface area contributed by atoms with Crippen LogP contribution in [0, 0.1) is 11.3 Å². The Hall–Kier alpha value is -2.13. The van der Waals surface area contributed by atoms with Crippen molar-refractivity contribution in [2.75, 3.05) is 6.61 Å². The van der Waals surface area contributed by atoms with E-state index < -0.39 is 0 Å². The minimum Gasteiger partial charge on any atom is -0.370 e. The van der Waals surface area contributed by atoms with Gasteiger partial charge < -0.3 is 13.8 Å². The summed E-state index contributed by atoms with van der Waals surface area (Å²) in [6.45, 7) is 4.64. The van der Waals surface area contributed by atoms with Crippen molar-refractivity contribution < 1.29 is 9.26 Å². The lowest BCUT2D eigenvalue weighted by Gasteiger charge is -2.11. The summed E-state index contributed by atoms with van der Waals surface area (Å²) in [4.78, 5) is 4.39. The van der Waals surface area contributed by atoms with Crippen LogP contribution in [-0.2, 0) is 11.8 Å². The smallest absolute Gasteiger partial charge is 0.274 e. The quantitative estimate of drug-likeness (QED) is 0.809. The highest BCUT2D eigenvalue weighted by molar-refractivity contribution is 5.52. The number of ether oxygens (including phenoxy) is 1. The Kier molecular flexibility index (Phi) is 4.53. The van der Waals surface area contributed by atoms with Crippen LogP contribution in [0.5, 0.6) is 0 Å². The first-order valence-electron chi connectivity index (χ1n) is 6.71. The first kappa shape index (κ1) is 14.3. The van der Waals surface area contributed by atoms with Crippen LogP contribution >= 0.6 is 0 Å². The number of nitrogens with zero attached hydrogens (tertiary/aromatic N) is 4. The van der Waals surface area contributed by atoms with Crippen LogP contribution in [0.3, 0.4) is 0 Å². The number of nitriles is 1. The molecule has 0 fully saturated rings. The Bertz CT molecular complexity index is 603. The monoisotopic (exact) mass is 274 g/mol. The maximum atomic E-state index is 8.91. The van der Waals surface area contributed by atoms with Crippen LogP contribution in [0.25, 0.3) is 11.6 Å². The Morgan fingerprint density at radius 3 is 2.90 bits per heavy atom. The van der Waals surface area contributed by atoms with E-state index in [4.69, 9.17) is 14.5 Å². The van der Waals surface area contributed by atoms with Gasteiger partial charge in [0.25, 0.3) is 5.89 Å². The number of hydrogen-bond donors (Lipinski definition) is 0. The molecule has 2 aromatic rings. The van der Waals surface area contributed by atoms with E-state index in [0.29, 0.717) is 23.9 Å². The average Bonchev–Trinajstić information content (AvgIpc) is 3.04. The molecule has 1 atom stereocenters. The van der Waals surface area contributed by atoms with E-state index >= 15 is 0 Å². The standard InChI is InChI=1S/C14H18N4O2/c1-4-6-12(19-5-2)13-16-14(20-17-13)11-7-10(8-15)9-18(11)3/h7,9,12H,4-6H2,1-3H3. The van der Waals surface area contributed by atoms with Crippen molar-refractivity contribution in [2.24, 2.45) is 7.05 Å². The Labute approximate surface area is 118 Å². The van der Waals surface area contributed by atoms with Gasteiger partial charge in [0.2, 0.25) is 5.82 Å². The van der Waals surface area contributed by atoms with E-state index in [2.05, 4.69) is 23.1 Å². The third kappa shape index (κ3) is 2.89. The average molecular weight is 274 g/mol. The van der Waals surface area contributed by atoms with Crippen LogP contribution < -0.4 is 0 Å². The van der Waals surface area contributed by atoms with E-state index in [0.717, 1.165) is 18.5 Å². The van der Waals surface area contributed by atoms with Crippen LogP contribution in [0.1, 0.15) is 44.2 Å². The summed E-state index contributed by atoms with van der Waals surface area (Å²) in [6, 6.07) is 3.82. The van der Waals surface area contributed by atoms with Gasteiger partial charge in [-0.2, -0.15) is 10.2 Å². The molecule has 0 aliphatic heterocycles. The van der Waals surface area contributed by atoms with Gasteiger partial charge in [-0.15, -0.1) is 0 Å². The van der Waals surface area contributed by atoms with Crippen LogP contribution in [-0.4, -0.2) is 21.3 Å². The lowest BCUT2D eigenvalue weighted by atomic mass is 10.2. The van der Waals surface area contributed by atoms with Crippen molar-refractivity contribution in [3.05, 3.63) is 23.7 Å². The molecular weight excluding hydrogens is 256 g/mol. The van der Waals surface area contributed by atoms with E-state index in [1.54, 1.807) is 16.8 Å². The summed E-state index contributed by atoms with van der Waals surface area (Å²) in [7, 11) is 1.84. The van der Waals surface area contributed by atoms with Gasteiger partial charge in [-0.1, -0.05) is 18.5 Å². The van der Waals surface area contributed by atoms with E-state index in [1.807, 2.05) is 14.0 Å². The summed E-state index contributed by atoms with van der Waals surface area (Å²) < 4.78 is 12.7. The van der Waals surface area contributed by atoms with E-state index in [1.165, 1.54) is 0 Å². The molecule has 2 rings (SSSR count). The van der Waals surface area contributed by atoms with E-state index in [9.17, 15) is 0 Å². The van der Waals surface area contributed by atoms with Gasteiger partial charge in [-0.3, -0.25) is 0 Å². The third-order valence-electron chi connectivity index (χ3n) is 3.00. The van der Waals surface area contributed by atoms with Crippen molar-refractivity contribution in [1.82, 2.24) is 14.7 Å². The molecule has 0 amide bonds. The van der Waals surface area contributed by atoms with Crippen molar-refractivity contribution in [3.8, 4) is 17.7 Å². The number of aryl methyl sites for hydroxylation is 1. The fraction of sp³-hybridized carbons (Fsp3) is 0.500. The number of aromatic nitrogens is 3. The largest absolute Gasteiger partial charge is 0.370 e. The summed E-state index contributed by atoms with van der Waals surface area (Å²) in [5.41, 5.74) is 1.30. The first-order valence-corrected chi connectivity index (χ1v) is 6.71. The molecule has 2 heterocycles. The van der Waals surface area contributed by atoms with Crippen LogP contribution in [0.15, 0.2) is 16.8 Å². The first-order chi connectivity index (χ1) is 9.69. The van der Waals surface area contributed by atoms with Gasteiger partial charge in [0.1, 0.15) is 17.9 Å². The van der Waals surface area contributed by atoms with Crippen LogP contribution in [0.2, 0.25) is 0 Å². The molecule has 1 unspecified atom stereocenters. The summed E-state index contributed by atoms with van der Waals surface area (Å²) in [6.07, 6.45) is 3.42. The molecule has 20 heavy (non-hydrogen) atoms. The van der Waals surface area contributed by atoms with Gasteiger partial charge in [0.15, 0.2) is 0 Å². The third-order valence-corrected chi connectivity index (χ3v) is 3.00. The minimum absolute atomic E-state index is 0.141. The molecule has 2 aromatic heterocycles. The van der Waals surface area contributed by atoms with Crippen LogP contribution in [0.4, 0.5) is 0 Å². The highest BCUT2D eigenvalue weighted by Gasteiger charge is 2.20. The second-order valence-corrected chi connectivity index (χ2v) is 4.53. The molecular formula is C14H18N4O2.